The molecule has 2 N–H and O–H groups in total. The van der Waals surface area contributed by atoms with Gasteiger partial charge in [-0.2, -0.15) is 0 Å². The van der Waals surface area contributed by atoms with Crippen LogP contribution in [0.4, 0.5) is 10.8 Å². The first-order valence-electron chi connectivity index (χ1n) is 5.73. The molecule has 19 heavy (non-hydrogen) atoms. The van der Waals surface area contributed by atoms with Crippen molar-refractivity contribution in [2.24, 2.45) is 0 Å². The number of aromatic nitrogens is 2. The Bertz CT molecular complexity index is 682. The number of phenolic OH excluding ortho intramolecular Hbond substituents is 1. The van der Waals surface area contributed by atoms with Crippen LogP contribution in [0.5, 0.6) is 5.75 Å². The van der Waals surface area contributed by atoms with Crippen LogP contribution in [0.1, 0.15) is 0 Å². The molecule has 2 aromatic heterocycles. The lowest BCUT2D eigenvalue weighted by Gasteiger charge is -2.02. The van der Waals surface area contributed by atoms with E-state index >= 15 is 0 Å². The van der Waals surface area contributed by atoms with E-state index in [0.29, 0.717) is 0 Å². The standard InChI is InChI=1S/C14H11N3OS/c18-12-3-1-2-11(8-12)16-14-17-13(9-19-14)10-4-6-15-7-5-10/h1-9,18H,(H,16,17). The van der Waals surface area contributed by atoms with Gasteiger partial charge < -0.3 is 10.4 Å². The van der Waals surface area contributed by atoms with Crippen LogP contribution in [0, 0.1) is 0 Å². The first kappa shape index (κ1) is 11.7. The second-order valence-electron chi connectivity index (χ2n) is 3.95. The summed E-state index contributed by atoms with van der Waals surface area (Å²) in [6, 6.07) is 10.8. The number of hydrogen-bond donors (Lipinski definition) is 2. The van der Waals surface area contributed by atoms with Gasteiger partial charge in [-0.3, -0.25) is 4.98 Å². The Balaban J connectivity index is 1.82. The molecular weight excluding hydrogens is 258 g/mol. The van der Waals surface area contributed by atoms with E-state index in [9.17, 15) is 5.11 Å². The second-order valence-corrected chi connectivity index (χ2v) is 4.81. The average molecular weight is 269 g/mol. The van der Waals surface area contributed by atoms with Gasteiger partial charge >= 0.3 is 0 Å². The van der Waals surface area contributed by atoms with E-state index in [0.717, 1.165) is 22.1 Å². The third-order valence-corrected chi connectivity index (χ3v) is 3.34. The maximum Gasteiger partial charge on any atom is 0.187 e. The lowest BCUT2D eigenvalue weighted by molar-refractivity contribution is 0.475. The molecule has 3 rings (SSSR count). The molecule has 2 heterocycles. The highest BCUT2D eigenvalue weighted by Gasteiger charge is 2.04. The summed E-state index contributed by atoms with van der Waals surface area (Å²) in [5.41, 5.74) is 2.76. The summed E-state index contributed by atoms with van der Waals surface area (Å²) < 4.78 is 0. The number of anilines is 2. The molecule has 0 amide bonds. The van der Waals surface area contributed by atoms with Crippen LogP contribution in [-0.4, -0.2) is 15.1 Å². The van der Waals surface area contributed by atoms with Crippen molar-refractivity contribution in [1.82, 2.24) is 9.97 Å². The molecule has 1 aromatic carbocycles. The average Bonchev–Trinajstić information content (AvgIpc) is 2.88. The van der Waals surface area contributed by atoms with E-state index < -0.39 is 0 Å². The molecule has 0 aliphatic rings. The molecule has 0 radical (unpaired) electrons. The number of benzene rings is 1. The summed E-state index contributed by atoms with van der Waals surface area (Å²) in [7, 11) is 0. The maximum atomic E-state index is 9.41. The number of thiazole rings is 1. The number of hydrogen-bond acceptors (Lipinski definition) is 5. The van der Waals surface area contributed by atoms with Gasteiger partial charge in [-0.25, -0.2) is 4.98 Å². The van der Waals surface area contributed by atoms with Crippen LogP contribution in [-0.2, 0) is 0 Å². The fourth-order valence-electron chi connectivity index (χ4n) is 1.69. The first-order chi connectivity index (χ1) is 9.31. The predicted octanol–water partition coefficient (Wildman–Crippen LogP) is 3.65. The van der Waals surface area contributed by atoms with Gasteiger partial charge in [0.2, 0.25) is 0 Å². The number of aromatic hydroxyl groups is 1. The summed E-state index contributed by atoms with van der Waals surface area (Å²) in [6.07, 6.45) is 3.49. The zero-order valence-electron chi connectivity index (χ0n) is 9.95. The van der Waals surface area contributed by atoms with Gasteiger partial charge in [0, 0.05) is 35.1 Å². The number of rotatable bonds is 3. The van der Waals surface area contributed by atoms with E-state index in [1.807, 2.05) is 23.6 Å². The summed E-state index contributed by atoms with van der Waals surface area (Å²) in [5.74, 6) is 0.232. The monoisotopic (exact) mass is 269 g/mol. The van der Waals surface area contributed by atoms with Gasteiger partial charge in [-0.15, -0.1) is 11.3 Å². The predicted molar refractivity (Wildman–Crippen MR) is 76.7 cm³/mol. The lowest BCUT2D eigenvalue weighted by atomic mass is 10.2. The van der Waals surface area contributed by atoms with Crippen molar-refractivity contribution in [1.29, 1.82) is 0 Å². The maximum absolute atomic E-state index is 9.41. The summed E-state index contributed by atoms with van der Waals surface area (Å²) >= 11 is 1.52. The highest BCUT2D eigenvalue weighted by Crippen LogP contribution is 2.27. The number of nitrogens with zero attached hydrogens (tertiary/aromatic N) is 2. The van der Waals surface area contributed by atoms with Gasteiger partial charge in [0.05, 0.1) is 5.69 Å². The van der Waals surface area contributed by atoms with Crippen LogP contribution >= 0.6 is 11.3 Å². The molecule has 0 saturated carbocycles. The van der Waals surface area contributed by atoms with E-state index in [1.165, 1.54) is 11.3 Å². The fraction of sp³-hybridized carbons (Fsp3) is 0. The second kappa shape index (κ2) is 5.07. The van der Waals surface area contributed by atoms with Crippen molar-refractivity contribution < 1.29 is 5.11 Å². The van der Waals surface area contributed by atoms with Crippen LogP contribution in [0.15, 0.2) is 54.2 Å². The largest absolute Gasteiger partial charge is 0.508 e. The highest BCUT2D eigenvalue weighted by atomic mass is 32.1. The van der Waals surface area contributed by atoms with E-state index in [1.54, 1.807) is 30.6 Å². The minimum atomic E-state index is 0.232. The Kier molecular flexibility index (Phi) is 3.12. The number of pyridine rings is 1. The van der Waals surface area contributed by atoms with Crippen molar-refractivity contribution in [2.75, 3.05) is 5.32 Å². The highest BCUT2D eigenvalue weighted by molar-refractivity contribution is 7.14. The molecule has 4 nitrogen and oxygen atoms in total. The molecule has 0 spiro atoms. The molecule has 3 aromatic rings. The SMILES string of the molecule is Oc1cccc(Nc2nc(-c3ccncc3)cs2)c1. The fourth-order valence-corrected chi connectivity index (χ4v) is 2.43. The van der Waals surface area contributed by atoms with Gasteiger partial charge in [-0.05, 0) is 24.3 Å². The normalized spacial score (nSPS) is 10.3. The van der Waals surface area contributed by atoms with E-state index in [-0.39, 0.29) is 5.75 Å². The first-order valence-corrected chi connectivity index (χ1v) is 6.61. The van der Waals surface area contributed by atoms with E-state index in [2.05, 4.69) is 15.3 Å². The Morgan fingerprint density at radius 1 is 1.11 bits per heavy atom. The van der Waals surface area contributed by atoms with Crippen LogP contribution in [0.3, 0.4) is 0 Å². The van der Waals surface area contributed by atoms with Crippen molar-refractivity contribution in [2.45, 2.75) is 0 Å². The summed E-state index contributed by atoms with van der Waals surface area (Å²) in [4.78, 5) is 8.49. The van der Waals surface area contributed by atoms with Crippen molar-refractivity contribution in [3.05, 3.63) is 54.2 Å². The third-order valence-electron chi connectivity index (χ3n) is 2.58. The molecule has 94 valence electrons. The van der Waals surface area contributed by atoms with Crippen molar-refractivity contribution in [3.63, 3.8) is 0 Å². The minimum absolute atomic E-state index is 0.232. The molecular formula is C14H11N3OS. The molecule has 0 unspecified atom stereocenters. The van der Waals surface area contributed by atoms with Crippen molar-refractivity contribution >= 4 is 22.2 Å². The zero-order valence-corrected chi connectivity index (χ0v) is 10.8. The Hall–Kier alpha value is -2.40. The molecule has 0 atom stereocenters. The Morgan fingerprint density at radius 3 is 2.74 bits per heavy atom. The molecule has 0 bridgehead atoms. The van der Waals surface area contributed by atoms with E-state index in [4.69, 9.17) is 0 Å². The third kappa shape index (κ3) is 2.71. The van der Waals surface area contributed by atoms with Crippen molar-refractivity contribution in [3.8, 4) is 17.0 Å². The van der Waals surface area contributed by atoms with Crippen LogP contribution < -0.4 is 5.32 Å². The Morgan fingerprint density at radius 2 is 1.95 bits per heavy atom. The summed E-state index contributed by atoms with van der Waals surface area (Å²) in [6.45, 7) is 0. The van der Waals surface area contributed by atoms with Gasteiger partial charge in [0.1, 0.15) is 5.75 Å². The van der Waals surface area contributed by atoms with Gasteiger partial charge in [-0.1, -0.05) is 6.07 Å². The van der Waals surface area contributed by atoms with Gasteiger partial charge in [0.15, 0.2) is 5.13 Å². The molecule has 5 heteroatoms. The minimum Gasteiger partial charge on any atom is -0.508 e. The molecule has 0 aliphatic carbocycles. The lowest BCUT2D eigenvalue weighted by Crippen LogP contribution is -1.89. The molecule has 0 fully saturated rings. The molecule has 0 aliphatic heterocycles. The summed E-state index contributed by atoms with van der Waals surface area (Å²) in [5, 5.41) is 15.4. The number of nitrogens with one attached hydrogen (secondary N) is 1. The molecule has 0 saturated heterocycles. The zero-order chi connectivity index (χ0) is 13.1. The topological polar surface area (TPSA) is 58.0 Å². The van der Waals surface area contributed by atoms with Gasteiger partial charge in [0.25, 0.3) is 0 Å². The smallest absolute Gasteiger partial charge is 0.187 e. The quantitative estimate of drug-likeness (QED) is 0.762. The number of phenols is 1. The van der Waals surface area contributed by atoms with Crippen LogP contribution in [0.25, 0.3) is 11.3 Å². The Labute approximate surface area is 114 Å². The van der Waals surface area contributed by atoms with Crippen LogP contribution in [0.2, 0.25) is 0 Å².